The van der Waals surface area contributed by atoms with E-state index in [1.807, 2.05) is 62.4 Å². The van der Waals surface area contributed by atoms with E-state index in [1.54, 1.807) is 0 Å². The predicted octanol–water partition coefficient (Wildman–Crippen LogP) is 5.80. The number of carboxylic acids is 1. The van der Waals surface area contributed by atoms with Gasteiger partial charge in [-0.25, -0.2) is 4.79 Å². The molecule has 1 aliphatic rings. The zero-order chi connectivity index (χ0) is 25.9. The summed E-state index contributed by atoms with van der Waals surface area (Å²) >= 11 is 0. The monoisotopic (exact) mass is 501 g/mol. The third-order valence-electron chi connectivity index (χ3n) is 6.71. The van der Waals surface area contributed by atoms with Crippen LogP contribution in [0.3, 0.4) is 0 Å². The summed E-state index contributed by atoms with van der Waals surface area (Å²) in [4.78, 5) is 28.3. The first kappa shape index (κ1) is 24.6. The highest BCUT2D eigenvalue weighted by Gasteiger charge is 2.25. The first-order chi connectivity index (χ1) is 17.9. The van der Waals surface area contributed by atoms with E-state index >= 15 is 0 Å². The largest absolute Gasteiger partial charge is 0.491 e. The summed E-state index contributed by atoms with van der Waals surface area (Å²) in [5, 5.41) is 13.4. The lowest BCUT2D eigenvalue weighted by atomic mass is 9.83. The van der Waals surface area contributed by atoms with Gasteiger partial charge < -0.3 is 19.6 Å². The van der Waals surface area contributed by atoms with Crippen molar-refractivity contribution in [3.8, 4) is 22.8 Å². The van der Waals surface area contributed by atoms with Crippen molar-refractivity contribution in [1.29, 1.82) is 0 Å². The van der Waals surface area contributed by atoms with Crippen molar-refractivity contribution in [3.63, 3.8) is 0 Å². The molecule has 8 nitrogen and oxygen atoms in total. The number of benzene rings is 2. The van der Waals surface area contributed by atoms with Crippen LogP contribution in [0.25, 0.3) is 16.9 Å². The second-order valence-electron chi connectivity index (χ2n) is 9.81. The fourth-order valence-corrected chi connectivity index (χ4v) is 5.01. The minimum atomic E-state index is -1.17. The molecule has 8 heteroatoms. The minimum absolute atomic E-state index is 0.102. The SMILES string of the molecule is CC(C)Oc1cccc(COc2ccc(-c3[nH]c4cc(C(=O)O)nn4c(=O)c3C3CCCCC3)cc2)c1. The lowest BCUT2D eigenvalue weighted by Crippen LogP contribution is -2.25. The van der Waals surface area contributed by atoms with Gasteiger partial charge in [0.05, 0.1) is 11.8 Å². The lowest BCUT2D eigenvalue weighted by molar-refractivity contribution is 0.0690. The average molecular weight is 502 g/mol. The minimum Gasteiger partial charge on any atom is -0.491 e. The topological polar surface area (TPSA) is 106 Å². The van der Waals surface area contributed by atoms with Crippen molar-refractivity contribution < 1.29 is 19.4 Å². The maximum absolute atomic E-state index is 13.5. The second kappa shape index (κ2) is 10.5. The number of nitrogens with zero attached hydrogens (tertiary/aromatic N) is 2. The Morgan fingerprint density at radius 1 is 1.08 bits per heavy atom. The van der Waals surface area contributed by atoms with E-state index in [4.69, 9.17) is 9.47 Å². The molecule has 37 heavy (non-hydrogen) atoms. The molecule has 1 fully saturated rings. The van der Waals surface area contributed by atoms with Gasteiger partial charge in [-0.3, -0.25) is 4.79 Å². The first-order valence-electron chi connectivity index (χ1n) is 12.8. The Hall–Kier alpha value is -4.07. The van der Waals surface area contributed by atoms with Crippen molar-refractivity contribution >= 4 is 11.6 Å². The van der Waals surface area contributed by atoms with E-state index in [-0.39, 0.29) is 23.3 Å². The Kier molecular flexibility index (Phi) is 6.99. The quantitative estimate of drug-likeness (QED) is 0.316. The van der Waals surface area contributed by atoms with Crippen LogP contribution in [0.15, 0.2) is 59.4 Å². The van der Waals surface area contributed by atoms with Gasteiger partial charge in [-0.05, 0) is 80.1 Å². The number of fused-ring (bicyclic) bond motifs is 1. The number of hydrogen-bond acceptors (Lipinski definition) is 5. The van der Waals surface area contributed by atoms with Gasteiger partial charge in [0, 0.05) is 11.6 Å². The highest BCUT2D eigenvalue weighted by Crippen LogP contribution is 2.36. The second-order valence-corrected chi connectivity index (χ2v) is 9.81. The standard InChI is InChI=1S/C29H31N3O5/c1-18(2)37-23-10-6-7-19(15-23)17-36-22-13-11-21(12-14-22)27-26(20-8-4-3-5-9-20)28(33)32-25(30-27)16-24(31-32)29(34)35/h6-7,10-16,18,20,30H,3-5,8-9,17H2,1-2H3,(H,34,35). The molecule has 1 saturated carbocycles. The molecule has 192 valence electrons. The molecule has 0 aliphatic heterocycles. The Bertz CT molecular complexity index is 1460. The Morgan fingerprint density at radius 3 is 2.54 bits per heavy atom. The van der Waals surface area contributed by atoms with Crippen LogP contribution in [0.1, 0.15) is 73.5 Å². The number of nitrogens with one attached hydrogen (secondary N) is 1. The van der Waals surface area contributed by atoms with Gasteiger partial charge >= 0.3 is 5.97 Å². The van der Waals surface area contributed by atoms with E-state index in [0.29, 0.717) is 29.3 Å². The summed E-state index contributed by atoms with van der Waals surface area (Å²) < 4.78 is 13.0. The van der Waals surface area contributed by atoms with Crippen LogP contribution in [0.4, 0.5) is 0 Å². The molecule has 2 aromatic carbocycles. The highest BCUT2D eigenvalue weighted by molar-refractivity contribution is 5.86. The summed E-state index contributed by atoms with van der Waals surface area (Å²) in [5.74, 6) is 0.455. The van der Waals surface area contributed by atoms with Crippen LogP contribution in [-0.4, -0.2) is 31.8 Å². The van der Waals surface area contributed by atoms with E-state index in [9.17, 15) is 14.7 Å². The van der Waals surface area contributed by atoms with Crippen molar-refractivity contribution in [2.75, 3.05) is 0 Å². The number of carbonyl (C=O) groups is 1. The predicted molar refractivity (Wildman–Crippen MR) is 141 cm³/mol. The van der Waals surface area contributed by atoms with Crippen molar-refractivity contribution in [2.45, 2.75) is 64.6 Å². The fourth-order valence-electron chi connectivity index (χ4n) is 5.01. The van der Waals surface area contributed by atoms with Gasteiger partial charge in [-0.1, -0.05) is 31.4 Å². The molecule has 0 amide bonds. The van der Waals surface area contributed by atoms with E-state index in [1.165, 1.54) is 10.6 Å². The van der Waals surface area contributed by atoms with Gasteiger partial charge in [0.2, 0.25) is 0 Å². The number of aromatic amines is 1. The summed E-state index contributed by atoms with van der Waals surface area (Å²) in [7, 11) is 0. The molecule has 2 N–H and O–H groups in total. The maximum Gasteiger partial charge on any atom is 0.356 e. The summed E-state index contributed by atoms with van der Waals surface area (Å²) in [6.45, 7) is 4.39. The average Bonchev–Trinajstić information content (AvgIpc) is 3.33. The number of carboxylic acid groups (broad SMARTS) is 1. The van der Waals surface area contributed by atoms with Crippen molar-refractivity contribution in [2.24, 2.45) is 0 Å². The number of aromatic carboxylic acids is 1. The van der Waals surface area contributed by atoms with Gasteiger partial charge in [-0.15, -0.1) is 0 Å². The molecule has 0 spiro atoms. The van der Waals surface area contributed by atoms with Gasteiger partial charge in [0.15, 0.2) is 5.69 Å². The smallest absolute Gasteiger partial charge is 0.356 e. The number of hydrogen-bond donors (Lipinski definition) is 2. The molecule has 4 aromatic rings. The van der Waals surface area contributed by atoms with E-state index in [0.717, 1.165) is 49.0 Å². The third-order valence-corrected chi connectivity index (χ3v) is 6.71. The molecule has 0 atom stereocenters. The lowest BCUT2D eigenvalue weighted by Gasteiger charge is -2.23. The number of aromatic nitrogens is 3. The highest BCUT2D eigenvalue weighted by atomic mass is 16.5. The van der Waals surface area contributed by atoms with Crippen LogP contribution in [0, 0.1) is 0 Å². The van der Waals surface area contributed by atoms with Crippen molar-refractivity contribution in [3.05, 3.63) is 81.8 Å². The number of rotatable bonds is 8. The summed E-state index contributed by atoms with van der Waals surface area (Å²) in [5.41, 5.74) is 3.18. The summed E-state index contributed by atoms with van der Waals surface area (Å²) in [6.07, 6.45) is 5.25. The molecule has 0 radical (unpaired) electrons. The van der Waals surface area contributed by atoms with Gasteiger partial charge in [0.1, 0.15) is 23.8 Å². The molecule has 2 heterocycles. The number of ether oxygens (including phenoxy) is 2. The van der Waals surface area contributed by atoms with Crippen LogP contribution >= 0.6 is 0 Å². The molecule has 2 aromatic heterocycles. The first-order valence-corrected chi connectivity index (χ1v) is 12.8. The summed E-state index contributed by atoms with van der Waals surface area (Å²) in [6, 6.07) is 16.9. The normalized spacial score (nSPS) is 14.2. The van der Waals surface area contributed by atoms with Crippen LogP contribution in [0.2, 0.25) is 0 Å². The Labute approximate surface area is 214 Å². The molecular formula is C29H31N3O5. The molecule has 0 unspecified atom stereocenters. The third kappa shape index (κ3) is 5.38. The molecular weight excluding hydrogens is 470 g/mol. The van der Waals surface area contributed by atoms with Gasteiger partial charge in [0.25, 0.3) is 5.56 Å². The fraction of sp³-hybridized carbons (Fsp3) is 0.345. The molecule has 5 rings (SSSR count). The van der Waals surface area contributed by atoms with Gasteiger partial charge in [-0.2, -0.15) is 9.61 Å². The molecule has 0 bridgehead atoms. The molecule has 0 saturated heterocycles. The number of H-pyrrole nitrogens is 1. The van der Waals surface area contributed by atoms with Crippen LogP contribution < -0.4 is 15.0 Å². The van der Waals surface area contributed by atoms with E-state index in [2.05, 4.69) is 10.1 Å². The Morgan fingerprint density at radius 2 is 1.84 bits per heavy atom. The molecule has 1 aliphatic carbocycles. The maximum atomic E-state index is 13.5. The van der Waals surface area contributed by atoms with E-state index < -0.39 is 5.97 Å². The van der Waals surface area contributed by atoms with Crippen LogP contribution in [-0.2, 0) is 6.61 Å². The van der Waals surface area contributed by atoms with Crippen molar-refractivity contribution in [1.82, 2.24) is 14.6 Å². The van der Waals surface area contributed by atoms with Crippen LogP contribution in [0.5, 0.6) is 11.5 Å². The zero-order valence-corrected chi connectivity index (χ0v) is 21.1. The zero-order valence-electron chi connectivity index (χ0n) is 21.1. The Balaban J connectivity index is 1.44.